The van der Waals surface area contributed by atoms with Gasteiger partial charge in [-0.05, 0) is 6.42 Å². The number of hydrogen-bond donors (Lipinski definition) is 1. The van der Waals surface area contributed by atoms with Crippen LogP contribution in [0, 0.1) is 23.3 Å². The highest BCUT2D eigenvalue weighted by Gasteiger charge is 2.26. The molecule has 0 radical (unpaired) electrons. The minimum Gasteiger partial charge on any atom is -0.370 e. The molecule has 19 heavy (non-hydrogen) atoms. The summed E-state index contributed by atoms with van der Waals surface area (Å²) in [5.74, 6) is -5.62. The molecule has 0 aliphatic carbocycles. The van der Waals surface area contributed by atoms with Gasteiger partial charge in [0.15, 0.2) is 23.3 Å². The van der Waals surface area contributed by atoms with Gasteiger partial charge in [-0.3, -0.25) is 0 Å². The zero-order valence-corrected chi connectivity index (χ0v) is 11.1. The predicted octanol–water partition coefficient (Wildman–Crippen LogP) is 3.33. The van der Waals surface area contributed by atoms with Gasteiger partial charge in [0.1, 0.15) is 5.69 Å². The third kappa shape index (κ3) is 3.18. The van der Waals surface area contributed by atoms with E-state index in [2.05, 4.69) is 0 Å². The predicted molar refractivity (Wildman–Crippen MR) is 67.0 cm³/mol. The van der Waals surface area contributed by atoms with Gasteiger partial charge in [-0.25, -0.2) is 17.6 Å². The van der Waals surface area contributed by atoms with E-state index in [0.717, 1.165) is 12.8 Å². The van der Waals surface area contributed by atoms with Crippen LogP contribution < -0.4 is 10.6 Å². The molecule has 108 valence electrons. The summed E-state index contributed by atoms with van der Waals surface area (Å²) in [6, 6.07) is 0. The van der Waals surface area contributed by atoms with E-state index in [1.807, 2.05) is 6.92 Å². The lowest BCUT2D eigenvalue weighted by Crippen LogP contribution is -2.23. The smallest absolute Gasteiger partial charge is 0.185 e. The van der Waals surface area contributed by atoms with Crippen LogP contribution in [0.4, 0.5) is 23.2 Å². The van der Waals surface area contributed by atoms with E-state index in [9.17, 15) is 17.6 Å². The maximum absolute atomic E-state index is 13.8. The molecular formula is C13H18F4N2. The first kappa shape index (κ1) is 15.8. The third-order valence-electron chi connectivity index (χ3n) is 3.01. The fraction of sp³-hybridized carbons (Fsp3) is 0.538. The number of hydrogen-bond acceptors (Lipinski definition) is 2. The van der Waals surface area contributed by atoms with Gasteiger partial charge in [-0.1, -0.05) is 19.8 Å². The minimum atomic E-state index is -1.42. The Morgan fingerprint density at radius 2 is 1.47 bits per heavy atom. The fourth-order valence-electron chi connectivity index (χ4n) is 1.89. The molecule has 1 rings (SSSR count). The second-order valence-electron chi connectivity index (χ2n) is 4.42. The molecule has 1 aromatic carbocycles. The molecule has 0 amide bonds. The normalized spacial score (nSPS) is 10.9. The van der Waals surface area contributed by atoms with Crippen LogP contribution in [0.25, 0.3) is 0 Å². The molecule has 2 N–H and O–H groups in total. The van der Waals surface area contributed by atoms with Gasteiger partial charge >= 0.3 is 0 Å². The molecule has 1 aromatic rings. The van der Waals surface area contributed by atoms with E-state index in [1.54, 1.807) is 0 Å². The Morgan fingerprint density at radius 3 is 1.89 bits per heavy atom. The van der Waals surface area contributed by atoms with Crippen molar-refractivity contribution in [2.45, 2.75) is 32.7 Å². The largest absolute Gasteiger partial charge is 0.370 e. The standard InChI is InChI=1S/C13H18F4N2/c1-3-4-5-6-19(2)13-11(16)9(14)8(7-18)10(15)12(13)17/h3-7,18H2,1-2H3. The molecule has 0 aliphatic heterocycles. The van der Waals surface area contributed by atoms with Crippen molar-refractivity contribution in [3.8, 4) is 0 Å². The number of unbranched alkanes of at least 4 members (excludes halogenated alkanes) is 2. The Kier molecular flexibility index (Phi) is 5.60. The second-order valence-corrected chi connectivity index (χ2v) is 4.42. The van der Waals surface area contributed by atoms with Crippen molar-refractivity contribution in [1.29, 1.82) is 0 Å². The van der Waals surface area contributed by atoms with Crippen molar-refractivity contribution in [2.75, 3.05) is 18.5 Å². The Hall–Kier alpha value is -1.30. The van der Waals surface area contributed by atoms with Crippen molar-refractivity contribution in [3.63, 3.8) is 0 Å². The Balaban J connectivity index is 3.14. The first-order valence-corrected chi connectivity index (χ1v) is 6.21. The van der Waals surface area contributed by atoms with Gasteiger partial charge in [-0.15, -0.1) is 0 Å². The molecule has 0 aliphatic rings. The van der Waals surface area contributed by atoms with E-state index in [1.165, 1.54) is 11.9 Å². The number of anilines is 1. The highest BCUT2D eigenvalue weighted by molar-refractivity contribution is 5.51. The number of rotatable bonds is 6. The Labute approximate surface area is 110 Å². The topological polar surface area (TPSA) is 29.3 Å². The van der Waals surface area contributed by atoms with Gasteiger partial charge in [-0.2, -0.15) is 0 Å². The summed E-state index contributed by atoms with van der Waals surface area (Å²) >= 11 is 0. The van der Waals surface area contributed by atoms with Gasteiger partial charge in [0.25, 0.3) is 0 Å². The van der Waals surface area contributed by atoms with Crippen LogP contribution in [-0.4, -0.2) is 13.6 Å². The number of halogens is 4. The first-order valence-electron chi connectivity index (χ1n) is 6.21. The van der Waals surface area contributed by atoms with Crippen LogP contribution >= 0.6 is 0 Å². The van der Waals surface area contributed by atoms with Gasteiger partial charge in [0, 0.05) is 25.7 Å². The zero-order chi connectivity index (χ0) is 14.6. The molecule has 0 saturated heterocycles. The molecule has 0 heterocycles. The van der Waals surface area contributed by atoms with E-state index >= 15 is 0 Å². The van der Waals surface area contributed by atoms with Crippen LogP contribution in [0.5, 0.6) is 0 Å². The Morgan fingerprint density at radius 1 is 0.947 bits per heavy atom. The monoisotopic (exact) mass is 278 g/mol. The second kappa shape index (κ2) is 6.75. The third-order valence-corrected chi connectivity index (χ3v) is 3.01. The van der Waals surface area contributed by atoms with E-state index in [0.29, 0.717) is 13.0 Å². The van der Waals surface area contributed by atoms with Gasteiger partial charge < -0.3 is 10.6 Å². The number of nitrogens with zero attached hydrogens (tertiary/aromatic N) is 1. The lowest BCUT2D eigenvalue weighted by Gasteiger charge is -2.22. The van der Waals surface area contributed by atoms with Crippen molar-refractivity contribution >= 4 is 5.69 Å². The molecule has 0 fully saturated rings. The molecule has 2 nitrogen and oxygen atoms in total. The maximum atomic E-state index is 13.8. The van der Waals surface area contributed by atoms with Gasteiger partial charge in [0.2, 0.25) is 0 Å². The molecule has 0 saturated carbocycles. The average molecular weight is 278 g/mol. The highest BCUT2D eigenvalue weighted by atomic mass is 19.2. The van der Waals surface area contributed by atoms with Crippen LogP contribution in [0.15, 0.2) is 0 Å². The Bertz CT molecular complexity index is 420. The van der Waals surface area contributed by atoms with Crippen molar-refractivity contribution < 1.29 is 17.6 Å². The molecule has 0 aromatic heterocycles. The summed E-state index contributed by atoms with van der Waals surface area (Å²) in [6.07, 6.45) is 2.50. The minimum absolute atomic E-state index is 0.322. The SMILES string of the molecule is CCCCCN(C)c1c(F)c(F)c(CN)c(F)c1F. The van der Waals surface area contributed by atoms with Crippen LogP contribution in [0.3, 0.4) is 0 Å². The van der Waals surface area contributed by atoms with Crippen LogP contribution in [0.1, 0.15) is 31.7 Å². The van der Waals surface area contributed by atoms with E-state index in [4.69, 9.17) is 5.73 Å². The lowest BCUT2D eigenvalue weighted by atomic mass is 10.1. The quantitative estimate of drug-likeness (QED) is 0.491. The fourth-order valence-corrected chi connectivity index (χ4v) is 1.89. The van der Waals surface area contributed by atoms with Crippen LogP contribution in [-0.2, 0) is 6.54 Å². The molecule has 0 unspecified atom stereocenters. The summed E-state index contributed by atoms with van der Waals surface area (Å²) in [6.45, 7) is 1.71. The van der Waals surface area contributed by atoms with Crippen molar-refractivity contribution in [3.05, 3.63) is 28.8 Å². The summed E-state index contributed by atoms with van der Waals surface area (Å²) < 4.78 is 54.7. The lowest BCUT2D eigenvalue weighted by molar-refractivity contribution is 0.438. The van der Waals surface area contributed by atoms with Crippen molar-refractivity contribution in [2.24, 2.45) is 5.73 Å². The van der Waals surface area contributed by atoms with E-state index < -0.39 is 41.1 Å². The molecular weight excluding hydrogens is 260 g/mol. The molecule has 0 spiro atoms. The highest BCUT2D eigenvalue weighted by Crippen LogP contribution is 2.30. The number of benzene rings is 1. The first-order chi connectivity index (χ1) is 8.95. The van der Waals surface area contributed by atoms with Gasteiger partial charge in [0.05, 0.1) is 0 Å². The summed E-state index contributed by atoms with van der Waals surface area (Å²) in [4.78, 5) is 1.19. The summed E-state index contributed by atoms with van der Waals surface area (Å²) in [5, 5.41) is 0. The number of nitrogens with two attached hydrogens (primary N) is 1. The molecule has 0 atom stereocenters. The maximum Gasteiger partial charge on any atom is 0.185 e. The average Bonchev–Trinajstić information content (AvgIpc) is 2.38. The summed E-state index contributed by atoms with van der Waals surface area (Å²) in [7, 11) is 1.40. The molecule has 6 heteroatoms. The van der Waals surface area contributed by atoms with Crippen molar-refractivity contribution in [1.82, 2.24) is 0 Å². The molecule has 0 bridgehead atoms. The summed E-state index contributed by atoms with van der Waals surface area (Å²) in [5.41, 5.74) is 3.65. The van der Waals surface area contributed by atoms with Crippen LogP contribution in [0.2, 0.25) is 0 Å². The van der Waals surface area contributed by atoms with E-state index in [-0.39, 0.29) is 0 Å². The zero-order valence-electron chi connectivity index (χ0n) is 11.1.